The Morgan fingerprint density at radius 1 is 1.22 bits per heavy atom. The molecule has 1 aliphatic rings. The summed E-state index contributed by atoms with van der Waals surface area (Å²) in [6.07, 6.45) is 5.32. The summed E-state index contributed by atoms with van der Waals surface area (Å²) in [5.41, 5.74) is 2.56. The number of nitrogens with one attached hydrogen (secondary N) is 1. The number of fused-ring (bicyclic) bond motifs is 3. The third kappa shape index (κ3) is 3.63. The van der Waals surface area contributed by atoms with Crippen LogP contribution in [-0.2, 0) is 19.3 Å². The summed E-state index contributed by atoms with van der Waals surface area (Å²) in [6, 6.07) is 7.93. The molecule has 0 saturated heterocycles. The largest absolute Gasteiger partial charge is 0.355 e. The monoisotopic (exact) mass is 401 g/mol. The fourth-order valence-corrected chi connectivity index (χ4v) is 5.17. The number of aromatic nitrogens is 2. The molecule has 27 heavy (non-hydrogen) atoms. The highest BCUT2D eigenvalue weighted by Crippen LogP contribution is 2.34. The highest BCUT2D eigenvalue weighted by Gasteiger charge is 2.22. The number of thiophene rings is 1. The third-order valence-electron chi connectivity index (χ3n) is 5.15. The zero-order valence-corrected chi connectivity index (χ0v) is 17.3. The van der Waals surface area contributed by atoms with Gasteiger partial charge in [0.1, 0.15) is 4.83 Å². The van der Waals surface area contributed by atoms with Gasteiger partial charge in [-0.1, -0.05) is 23.7 Å². The molecule has 0 saturated carbocycles. The minimum Gasteiger partial charge on any atom is -0.355 e. The number of anilines is 1. The first-order valence-electron chi connectivity index (χ1n) is 9.59. The van der Waals surface area contributed by atoms with Crippen molar-refractivity contribution < 1.29 is 0 Å². The van der Waals surface area contributed by atoms with Gasteiger partial charge < -0.3 is 5.32 Å². The molecule has 0 amide bonds. The summed E-state index contributed by atoms with van der Waals surface area (Å²) in [5.74, 6) is 0.676. The van der Waals surface area contributed by atoms with Crippen LogP contribution in [0.1, 0.15) is 48.7 Å². The van der Waals surface area contributed by atoms with Crippen molar-refractivity contribution >= 4 is 39.1 Å². The van der Waals surface area contributed by atoms with E-state index in [2.05, 4.69) is 5.32 Å². The zero-order chi connectivity index (χ0) is 19.0. The van der Waals surface area contributed by atoms with Crippen molar-refractivity contribution in [1.29, 1.82) is 0 Å². The van der Waals surface area contributed by atoms with Crippen molar-refractivity contribution in [2.24, 2.45) is 0 Å². The van der Waals surface area contributed by atoms with Crippen molar-refractivity contribution in [1.82, 2.24) is 9.55 Å². The molecule has 1 aromatic carbocycles. The third-order valence-corrected chi connectivity index (χ3v) is 6.59. The molecule has 0 aliphatic heterocycles. The lowest BCUT2D eigenvalue weighted by atomic mass is 9.97. The molecule has 4 rings (SSSR count). The summed E-state index contributed by atoms with van der Waals surface area (Å²) in [5, 5.41) is 4.99. The average Bonchev–Trinajstić information content (AvgIpc) is 3.01. The van der Waals surface area contributed by atoms with E-state index in [-0.39, 0.29) is 11.6 Å². The van der Waals surface area contributed by atoms with Gasteiger partial charge in [0, 0.05) is 22.5 Å². The summed E-state index contributed by atoms with van der Waals surface area (Å²) < 4.78 is 1.81. The van der Waals surface area contributed by atoms with Gasteiger partial charge in [0.25, 0.3) is 5.56 Å². The van der Waals surface area contributed by atoms with Crippen molar-refractivity contribution in [3.05, 3.63) is 55.6 Å². The van der Waals surface area contributed by atoms with Gasteiger partial charge in [0.15, 0.2) is 0 Å². The second-order valence-corrected chi connectivity index (χ2v) is 8.92. The molecule has 0 radical (unpaired) electrons. The van der Waals surface area contributed by atoms with Gasteiger partial charge in [-0.15, -0.1) is 11.3 Å². The number of hydrogen-bond donors (Lipinski definition) is 1. The Bertz CT molecular complexity index is 1020. The lowest BCUT2D eigenvalue weighted by Crippen LogP contribution is -2.27. The SMILES string of the molecule is CC(C)n1c(NCCc2ccc(Cl)cc2)nc2sc3c(c2c1=O)CCCC3. The van der Waals surface area contributed by atoms with Crippen molar-refractivity contribution in [3.63, 3.8) is 0 Å². The normalized spacial score (nSPS) is 13.9. The molecule has 0 unspecified atom stereocenters. The van der Waals surface area contributed by atoms with Crippen molar-refractivity contribution in [2.75, 3.05) is 11.9 Å². The van der Waals surface area contributed by atoms with E-state index in [0.29, 0.717) is 5.95 Å². The summed E-state index contributed by atoms with van der Waals surface area (Å²) in [7, 11) is 0. The van der Waals surface area contributed by atoms with Gasteiger partial charge in [0.05, 0.1) is 5.39 Å². The van der Waals surface area contributed by atoms with E-state index in [4.69, 9.17) is 16.6 Å². The van der Waals surface area contributed by atoms with Crippen LogP contribution in [0, 0.1) is 0 Å². The number of hydrogen-bond acceptors (Lipinski definition) is 4. The van der Waals surface area contributed by atoms with E-state index in [9.17, 15) is 4.79 Å². The summed E-state index contributed by atoms with van der Waals surface area (Å²) in [6.45, 7) is 4.80. The molecule has 0 spiro atoms. The van der Waals surface area contributed by atoms with Crippen LogP contribution >= 0.6 is 22.9 Å². The first-order valence-corrected chi connectivity index (χ1v) is 10.8. The van der Waals surface area contributed by atoms with Crippen LogP contribution in [0.15, 0.2) is 29.1 Å². The van der Waals surface area contributed by atoms with E-state index in [0.717, 1.165) is 41.0 Å². The standard InChI is InChI=1S/C21H24ClN3OS/c1-13(2)25-20(26)18-16-5-3-4-6-17(16)27-19(18)24-21(25)23-12-11-14-7-9-15(22)10-8-14/h7-10,13H,3-6,11-12H2,1-2H3,(H,23,24). The Hall–Kier alpha value is -1.85. The van der Waals surface area contributed by atoms with E-state index in [1.54, 1.807) is 11.3 Å². The van der Waals surface area contributed by atoms with Gasteiger partial charge in [-0.05, 0) is 69.2 Å². The minimum atomic E-state index is 0.0616. The highest BCUT2D eigenvalue weighted by atomic mass is 35.5. The van der Waals surface area contributed by atoms with Gasteiger partial charge >= 0.3 is 0 Å². The van der Waals surface area contributed by atoms with Crippen LogP contribution in [-0.4, -0.2) is 16.1 Å². The number of nitrogens with zero attached hydrogens (tertiary/aromatic N) is 2. The van der Waals surface area contributed by atoms with Gasteiger partial charge in [-0.25, -0.2) is 4.98 Å². The lowest BCUT2D eigenvalue weighted by molar-refractivity contribution is 0.579. The fourth-order valence-electron chi connectivity index (χ4n) is 3.79. The van der Waals surface area contributed by atoms with Crippen LogP contribution < -0.4 is 10.9 Å². The smallest absolute Gasteiger partial charge is 0.264 e. The molecular weight excluding hydrogens is 378 g/mol. The number of benzene rings is 1. The Morgan fingerprint density at radius 2 is 1.96 bits per heavy atom. The van der Waals surface area contributed by atoms with Crippen LogP contribution in [0.25, 0.3) is 10.2 Å². The molecule has 2 aromatic heterocycles. The quantitative estimate of drug-likeness (QED) is 0.637. The van der Waals surface area contributed by atoms with E-state index in [1.807, 2.05) is 42.7 Å². The minimum absolute atomic E-state index is 0.0616. The average molecular weight is 402 g/mol. The molecule has 1 aliphatic carbocycles. The molecule has 0 bridgehead atoms. The maximum atomic E-state index is 13.3. The van der Waals surface area contributed by atoms with Gasteiger partial charge in [-0.3, -0.25) is 9.36 Å². The molecule has 4 nitrogen and oxygen atoms in total. The zero-order valence-electron chi connectivity index (χ0n) is 15.7. The molecule has 0 fully saturated rings. The first kappa shape index (κ1) is 18.5. The molecule has 2 heterocycles. The molecule has 142 valence electrons. The molecule has 6 heteroatoms. The van der Waals surface area contributed by atoms with Gasteiger partial charge in [-0.2, -0.15) is 0 Å². The molecule has 0 atom stereocenters. The number of aryl methyl sites for hydroxylation is 2. The van der Waals surface area contributed by atoms with Crippen LogP contribution in [0.2, 0.25) is 5.02 Å². The maximum absolute atomic E-state index is 13.3. The van der Waals surface area contributed by atoms with E-state index in [1.165, 1.54) is 28.8 Å². The molecule has 3 aromatic rings. The summed E-state index contributed by atoms with van der Waals surface area (Å²) >= 11 is 7.65. The maximum Gasteiger partial charge on any atom is 0.264 e. The topological polar surface area (TPSA) is 46.9 Å². The number of halogens is 1. The Kier molecular flexibility index (Phi) is 5.24. The van der Waals surface area contributed by atoms with E-state index < -0.39 is 0 Å². The van der Waals surface area contributed by atoms with Crippen LogP contribution in [0.3, 0.4) is 0 Å². The fraction of sp³-hybridized carbons (Fsp3) is 0.429. The van der Waals surface area contributed by atoms with Crippen LogP contribution in [0.5, 0.6) is 0 Å². The molecule has 1 N–H and O–H groups in total. The van der Waals surface area contributed by atoms with Gasteiger partial charge in [0.2, 0.25) is 5.95 Å². The van der Waals surface area contributed by atoms with Crippen molar-refractivity contribution in [2.45, 2.75) is 52.0 Å². The van der Waals surface area contributed by atoms with Crippen molar-refractivity contribution in [3.8, 4) is 0 Å². The Morgan fingerprint density at radius 3 is 2.70 bits per heavy atom. The summed E-state index contributed by atoms with van der Waals surface area (Å²) in [4.78, 5) is 20.4. The second-order valence-electron chi connectivity index (χ2n) is 7.40. The van der Waals surface area contributed by atoms with Crippen LogP contribution in [0.4, 0.5) is 5.95 Å². The first-order chi connectivity index (χ1) is 13.0. The second kappa shape index (κ2) is 7.64. The predicted molar refractivity (Wildman–Crippen MR) is 115 cm³/mol. The Labute approximate surface area is 168 Å². The Balaban J connectivity index is 1.66. The molecular formula is C21H24ClN3OS. The highest BCUT2D eigenvalue weighted by molar-refractivity contribution is 7.18. The number of rotatable bonds is 5. The van der Waals surface area contributed by atoms with E-state index >= 15 is 0 Å². The lowest BCUT2D eigenvalue weighted by Gasteiger charge is -2.17. The predicted octanol–water partition coefficient (Wildman–Crippen LogP) is 5.23.